The topological polar surface area (TPSA) is 76.0 Å². The van der Waals surface area contributed by atoms with E-state index in [0.29, 0.717) is 6.04 Å². The average Bonchev–Trinajstić information content (AvgIpc) is 3.18. The van der Waals surface area contributed by atoms with Gasteiger partial charge in [-0.1, -0.05) is 11.6 Å². The predicted molar refractivity (Wildman–Crippen MR) is 128 cm³/mol. The number of aromatic amines is 1. The third-order valence-electron chi connectivity index (χ3n) is 6.61. The molecular formula is C23H27BrClN5O2. The lowest BCUT2D eigenvalue weighted by Gasteiger charge is -2.58. The van der Waals surface area contributed by atoms with Gasteiger partial charge >= 0.3 is 6.09 Å². The number of ether oxygens (including phenoxy) is 1. The summed E-state index contributed by atoms with van der Waals surface area (Å²) >= 11 is 10.4. The summed E-state index contributed by atoms with van der Waals surface area (Å²) in [6, 6.07) is 2.33. The highest BCUT2D eigenvalue weighted by Crippen LogP contribution is 2.55. The Morgan fingerprint density at radius 1 is 1.28 bits per heavy atom. The lowest BCUT2D eigenvalue weighted by Crippen LogP contribution is -2.64. The van der Waals surface area contributed by atoms with Gasteiger partial charge in [0.15, 0.2) is 0 Å². The Balaban J connectivity index is 1.36. The maximum absolute atomic E-state index is 12.3. The summed E-state index contributed by atoms with van der Waals surface area (Å²) in [6.07, 6.45) is 3.61. The van der Waals surface area contributed by atoms with Gasteiger partial charge in [-0.3, -0.25) is 9.78 Å². The van der Waals surface area contributed by atoms with Crippen molar-refractivity contribution in [2.24, 2.45) is 5.41 Å². The summed E-state index contributed by atoms with van der Waals surface area (Å²) in [5, 5.41) is 13.8. The number of nitrogens with one attached hydrogen (secondary N) is 1. The second-order valence-electron chi connectivity index (χ2n) is 10.3. The maximum Gasteiger partial charge on any atom is 0.410 e. The van der Waals surface area contributed by atoms with Crippen LogP contribution in [0.15, 0.2) is 16.9 Å². The van der Waals surface area contributed by atoms with E-state index in [0.717, 1.165) is 68.8 Å². The van der Waals surface area contributed by atoms with E-state index in [2.05, 4.69) is 37.7 Å². The highest BCUT2D eigenvalue weighted by atomic mass is 79.9. The van der Waals surface area contributed by atoms with Gasteiger partial charge in [-0.15, -0.1) is 0 Å². The lowest BCUT2D eigenvalue weighted by molar-refractivity contribution is -0.0931. The van der Waals surface area contributed by atoms with Gasteiger partial charge in [0.25, 0.3) is 0 Å². The van der Waals surface area contributed by atoms with Gasteiger partial charge < -0.3 is 9.64 Å². The zero-order valence-electron chi connectivity index (χ0n) is 18.9. The molecule has 3 heterocycles. The standard InChI is InChI=1S/C23H27BrClN5O2/c1-12-6-16-15(9-26-27-16)18(19(12)25)17-13(2)30(28-20(17)24)14-7-23(8-14)10-29(11-23)21(31)32-22(3,4)5/h6,9,14H,7-8,10-11H2,1-5H3,(H,26,27). The number of aromatic nitrogens is 4. The van der Waals surface area contributed by atoms with Crippen LogP contribution in [-0.2, 0) is 4.74 Å². The van der Waals surface area contributed by atoms with E-state index in [1.807, 2.05) is 40.0 Å². The largest absolute Gasteiger partial charge is 0.444 e. The summed E-state index contributed by atoms with van der Waals surface area (Å²) in [7, 11) is 0. The Hall–Kier alpha value is -2.06. The maximum atomic E-state index is 12.3. The van der Waals surface area contributed by atoms with E-state index in [1.54, 1.807) is 4.90 Å². The fourth-order valence-corrected chi connectivity index (χ4v) is 6.06. The molecule has 5 rings (SSSR count). The Morgan fingerprint density at radius 2 is 1.97 bits per heavy atom. The first-order valence-corrected chi connectivity index (χ1v) is 12.0. The molecule has 0 bridgehead atoms. The van der Waals surface area contributed by atoms with E-state index in [1.165, 1.54) is 0 Å². The summed E-state index contributed by atoms with van der Waals surface area (Å²) in [5.41, 5.74) is 4.72. The van der Waals surface area contributed by atoms with Crippen molar-refractivity contribution in [1.29, 1.82) is 0 Å². The van der Waals surface area contributed by atoms with E-state index in [-0.39, 0.29) is 11.5 Å². The molecule has 1 N–H and O–H groups in total. The highest BCUT2D eigenvalue weighted by Gasteiger charge is 2.55. The molecule has 7 nitrogen and oxygen atoms in total. The summed E-state index contributed by atoms with van der Waals surface area (Å²) in [6.45, 7) is 11.3. The van der Waals surface area contributed by atoms with E-state index < -0.39 is 5.60 Å². The molecule has 2 aliphatic rings. The molecule has 1 aliphatic carbocycles. The van der Waals surface area contributed by atoms with Crippen LogP contribution in [0.25, 0.3) is 22.0 Å². The Kier molecular flexibility index (Phi) is 4.91. The van der Waals surface area contributed by atoms with Crippen molar-refractivity contribution in [3.63, 3.8) is 0 Å². The molecule has 170 valence electrons. The van der Waals surface area contributed by atoms with Crippen LogP contribution in [0.2, 0.25) is 5.02 Å². The van der Waals surface area contributed by atoms with E-state index >= 15 is 0 Å². The number of hydrogen-bond acceptors (Lipinski definition) is 4. The molecule has 2 fully saturated rings. The van der Waals surface area contributed by atoms with Crippen LogP contribution in [-0.4, -0.2) is 49.7 Å². The highest BCUT2D eigenvalue weighted by molar-refractivity contribution is 9.10. The van der Waals surface area contributed by atoms with Crippen molar-refractivity contribution in [3.8, 4) is 11.1 Å². The van der Waals surface area contributed by atoms with Crippen LogP contribution in [0.4, 0.5) is 4.79 Å². The summed E-state index contributed by atoms with van der Waals surface area (Å²) < 4.78 is 8.40. The summed E-state index contributed by atoms with van der Waals surface area (Å²) in [5.74, 6) is 0. The molecule has 32 heavy (non-hydrogen) atoms. The smallest absolute Gasteiger partial charge is 0.410 e. The third kappa shape index (κ3) is 3.43. The number of carbonyl (C=O) groups is 1. The molecule has 3 aromatic rings. The zero-order chi connectivity index (χ0) is 23.0. The molecule has 2 aromatic heterocycles. The van der Waals surface area contributed by atoms with Crippen molar-refractivity contribution < 1.29 is 9.53 Å². The van der Waals surface area contributed by atoms with Crippen molar-refractivity contribution in [2.75, 3.05) is 13.1 Å². The minimum absolute atomic E-state index is 0.186. The van der Waals surface area contributed by atoms with Crippen LogP contribution >= 0.6 is 27.5 Å². The number of benzene rings is 1. The minimum atomic E-state index is -0.464. The number of fused-ring (bicyclic) bond motifs is 1. The number of hydrogen-bond donors (Lipinski definition) is 1. The zero-order valence-corrected chi connectivity index (χ0v) is 21.3. The number of nitrogens with zero attached hydrogens (tertiary/aromatic N) is 4. The van der Waals surface area contributed by atoms with Crippen LogP contribution in [0.5, 0.6) is 0 Å². The second kappa shape index (κ2) is 7.22. The van der Waals surface area contributed by atoms with Gasteiger partial charge in [0.2, 0.25) is 0 Å². The Morgan fingerprint density at radius 3 is 2.62 bits per heavy atom. The lowest BCUT2D eigenvalue weighted by atomic mass is 9.61. The van der Waals surface area contributed by atoms with Crippen molar-refractivity contribution in [1.82, 2.24) is 24.9 Å². The number of halogens is 2. The van der Waals surface area contributed by atoms with Gasteiger partial charge in [-0.25, -0.2) is 4.79 Å². The van der Waals surface area contributed by atoms with Crippen molar-refractivity contribution in [2.45, 2.75) is 59.1 Å². The molecule has 0 radical (unpaired) electrons. The monoisotopic (exact) mass is 519 g/mol. The fraction of sp³-hybridized carbons (Fsp3) is 0.522. The Bertz CT molecular complexity index is 1230. The number of likely N-dealkylation sites (tertiary alicyclic amines) is 1. The first-order valence-electron chi connectivity index (χ1n) is 10.8. The van der Waals surface area contributed by atoms with Gasteiger partial charge in [-0.05, 0) is 75.0 Å². The molecular weight excluding hydrogens is 494 g/mol. The molecule has 1 spiro atoms. The van der Waals surface area contributed by atoms with Gasteiger partial charge in [0, 0.05) is 40.7 Å². The number of H-pyrrole nitrogens is 1. The Labute approximate surface area is 200 Å². The molecule has 1 aliphatic heterocycles. The second-order valence-corrected chi connectivity index (χ2v) is 11.4. The van der Waals surface area contributed by atoms with Gasteiger partial charge in [0.05, 0.1) is 22.8 Å². The van der Waals surface area contributed by atoms with Crippen LogP contribution in [0, 0.1) is 19.3 Å². The molecule has 0 unspecified atom stereocenters. The molecule has 9 heteroatoms. The normalized spacial score (nSPS) is 18.2. The first kappa shape index (κ1) is 21.8. The summed E-state index contributed by atoms with van der Waals surface area (Å²) in [4.78, 5) is 14.1. The molecule has 1 saturated heterocycles. The van der Waals surface area contributed by atoms with E-state index in [4.69, 9.17) is 21.4 Å². The van der Waals surface area contributed by atoms with Crippen LogP contribution < -0.4 is 0 Å². The SMILES string of the molecule is Cc1cc2[nH]ncc2c(-c2c(Br)nn(C3CC4(C3)CN(C(=O)OC(C)(C)C)C4)c2C)c1Cl. The quantitative estimate of drug-likeness (QED) is 0.447. The van der Waals surface area contributed by atoms with Gasteiger partial charge in [0.1, 0.15) is 10.2 Å². The third-order valence-corrected chi connectivity index (χ3v) is 7.65. The minimum Gasteiger partial charge on any atom is -0.444 e. The van der Waals surface area contributed by atoms with Crippen LogP contribution in [0.3, 0.4) is 0 Å². The van der Waals surface area contributed by atoms with Crippen molar-refractivity contribution >= 4 is 44.5 Å². The van der Waals surface area contributed by atoms with E-state index in [9.17, 15) is 4.79 Å². The number of amides is 1. The molecule has 1 saturated carbocycles. The predicted octanol–water partition coefficient (Wildman–Crippen LogP) is 6.03. The number of aryl methyl sites for hydroxylation is 1. The number of carbonyl (C=O) groups excluding carboxylic acids is 1. The van der Waals surface area contributed by atoms with Crippen LogP contribution in [0.1, 0.15) is 50.9 Å². The molecule has 1 amide bonds. The molecule has 0 atom stereocenters. The average molecular weight is 521 g/mol. The molecule has 1 aromatic carbocycles. The number of rotatable bonds is 2. The fourth-order valence-electron chi connectivity index (χ4n) is 5.16. The van der Waals surface area contributed by atoms with Gasteiger partial charge in [-0.2, -0.15) is 10.2 Å². The van der Waals surface area contributed by atoms with Crippen molar-refractivity contribution in [3.05, 3.63) is 33.1 Å². The first-order chi connectivity index (χ1) is 15.0.